The molecule has 4 heteroatoms. The minimum atomic E-state index is -0.131. The van der Waals surface area contributed by atoms with Crippen molar-refractivity contribution in [3.05, 3.63) is 229 Å². The van der Waals surface area contributed by atoms with Crippen molar-refractivity contribution in [1.29, 1.82) is 10.5 Å². The zero-order valence-corrected chi connectivity index (χ0v) is 35.1. The summed E-state index contributed by atoms with van der Waals surface area (Å²) in [5.74, 6) is 1.79. The third kappa shape index (κ3) is 6.11. The lowest BCUT2D eigenvalue weighted by molar-refractivity contribution is 0.271. The average molecular weight is 802 g/mol. The predicted octanol–water partition coefficient (Wildman–Crippen LogP) is 13.7. The Bertz CT molecular complexity index is 2880. The largest absolute Gasteiger partial charge is 0.622 e. The summed E-state index contributed by atoms with van der Waals surface area (Å²) >= 11 is 0. The van der Waals surface area contributed by atoms with Crippen LogP contribution in [0.3, 0.4) is 0 Å². The van der Waals surface area contributed by atoms with Crippen molar-refractivity contribution in [2.75, 3.05) is 6.54 Å². The minimum Gasteiger partial charge on any atom is -0.622 e. The molecule has 0 amide bonds. The van der Waals surface area contributed by atoms with Crippen LogP contribution in [0.25, 0.3) is 16.6 Å². The second-order valence-corrected chi connectivity index (χ2v) is 18.7. The zero-order chi connectivity index (χ0) is 41.3. The number of hydrogen-bond acceptors (Lipinski definition) is 3. The summed E-state index contributed by atoms with van der Waals surface area (Å²) in [4.78, 5) is 0. The van der Waals surface area contributed by atoms with Crippen LogP contribution in [-0.4, -0.2) is 11.6 Å². The molecule has 4 nitrogen and oxygen atoms in total. The number of benzene rings is 3. The van der Waals surface area contributed by atoms with E-state index in [1.54, 1.807) is 0 Å². The van der Waals surface area contributed by atoms with Crippen molar-refractivity contribution < 1.29 is 0 Å². The molecular formula is C58H49N4-. The summed E-state index contributed by atoms with van der Waals surface area (Å²) in [5, 5.41) is 22.4. The summed E-state index contributed by atoms with van der Waals surface area (Å²) in [5.41, 5.74) is 27.1. The number of nitrogens with zero attached hydrogens (tertiary/aromatic N) is 4. The maximum Gasteiger partial charge on any atom is 0.0991 e. The quantitative estimate of drug-likeness (QED) is 0.258. The lowest BCUT2D eigenvalue weighted by atomic mass is 9.60. The molecule has 0 N–H and O–H groups in total. The summed E-state index contributed by atoms with van der Waals surface area (Å²) < 4.78 is 0. The third-order valence-corrected chi connectivity index (χ3v) is 15.4. The monoisotopic (exact) mass is 801 g/mol. The molecule has 0 spiro atoms. The first-order valence-corrected chi connectivity index (χ1v) is 22.9. The predicted molar refractivity (Wildman–Crippen MR) is 249 cm³/mol. The molecule has 12 rings (SSSR count). The van der Waals surface area contributed by atoms with Crippen LogP contribution in [0.15, 0.2) is 190 Å². The van der Waals surface area contributed by atoms with Gasteiger partial charge in [0.05, 0.1) is 23.6 Å². The number of rotatable bonds is 5. The Morgan fingerprint density at radius 1 is 0.758 bits per heavy atom. The third-order valence-electron chi connectivity index (χ3n) is 15.4. The lowest BCUT2D eigenvalue weighted by Gasteiger charge is -2.44. The lowest BCUT2D eigenvalue weighted by Crippen LogP contribution is -2.31. The average Bonchev–Trinajstić information content (AvgIpc) is 3.71. The second-order valence-electron chi connectivity index (χ2n) is 18.7. The van der Waals surface area contributed by atoms with Gasteiger partial charge in [0, 0.05) is 18.5 Å². The van der Waals surface area contributed by atoms with Crippen LogP contribution >= 0.6 is 0 Å². The van der Waals surface area contributed by atoms with Gasteiger partial charge in [0.2, 0.25) is 0 Å². The Kier molecular flexibility index (Phi) is 9.13. The van der Waals surface area contributed by atoms with Gasteiger partial charge in [-0.15, -0.1) is 5.70 Å². The molecule has 8 aliphatic carbocycles. The first-order chi connectivity index (χ1) is 30.6. The molecule has 0 bridgehead atoms. The van der Waals surface area contributed by atoms with Gasteiger partial charge in [0.25, 0.3) is 0 Å². The van der Waals surface area contributed by atoms with Crippen LogP contribution in [0.5, 0.6) is 0 Å². The van der Waals surface area contributed by atoms with Gasteiger partial charge in [0.1, 0.15) is 0 Å². The first-order valence-electron chi connectivity index (χ1n) is 22.9. The Hall–Kier alpha value is -6.46. The van der Waals surface area contributed by atoms with Gasteiger partial charge in [-0.2, -0.15) is 10.5 Å². The van der Waals surface area contributed by atoms with Crippen LogP contribution in [-0.2, 0) is 0 Å². The fourth-order valence-corrected chi connectivity index (χ4v) is 12.7. The summed E-state index contributed by atoms with van der Waals surface area (Å²) in [7, 11) is 0. The molecule has 7 unspecified atom stereocenters. The van der Waals surface area contributed by atoms with E-state index < -0.39 is 0 Å². The van der Waals surface area contributed by atoms with Crippen LogP contribution in [0.2, 0.25) is 0 Å². The summed E-state index contributed by atoms with van der Waals surface area (Å²) in [6.45, 7) is 0.643. The topological polar surface area (TPSA) is 64.9 Å². The highest BCUT2D eigenvalue weighted by Crippen LogP contribution is 2.58. The number of nitriles is 2. The van der Waals surface area contributed by atoms with Crippen LogP contribution in [0.4, 0.5) is 0 Å². The molecule has 0 saturated carbocycles. The SMILES string of the molecule is N#Cc1cccc(C2C3CC(C4=CC5C6CC=CC=C6c6ccccc6C5CC4)=CC(C4=CCC5C(=C4)C4=C(C=CCC4)c4ccccc45)=C3[N-]N2CC2=CC=CC(C#N)C2)c1. The van der Waals surface area contributed by atoms with Crippen LogP contribution in [0, 0.1) is 46.3 Å². The van der Waals surface area contributed by atoms with Gasteiger partial charge in [-0.25, -0.2) is 0 Å². The van der Waals surface area contributed by atoms with E-state index in [0.29, 0.717) is 42.2 Å². The summed E-state index contributed by atoms with van der Waals surface area (Å²) in [6, 6.07) is 31.4. The molecule has 62 heavy (non-hydrogen) atoms. The molecule has 1 heterocycles. The number of allylic oxidation sites excluding steroid dienone is 20. The zero-order valence-electron chi connectivity index (χ0n) is 35.1. The van der Waals surface area contributed by atoms with Crippen molar-refractivity contribution in [3.63, 3.8) is 0 Å². The van der Waals surface area contributed by atoms with Crippen molar-refractivity contribution in [2.45, 2.75) is 69.2 Å². The van der Waals surface area contributed by atoms with Gasteiger partial charge >= 0.3 is 0 Å². The van der Waals surface area contributed by atoms with E-state index in [1.165, 1.54) is 72.4 Å². The Morgan fingerprint density at radius 3 is 2.55 bits per heavy atom. The van der Waals surface area contributed by atoms with Gasteiger partial charge in [0.15, 0.2) is 0 Å². The van der Waals surface area contributed by atoms with Crippen LogP contribution in [0.1, 0.15) is 103 Å². The molecule has 1 fully saturated rings. The van der Waals surface area contributed by atoms with E-state index in [4.69, 9.17) is 5.43 Å². The van der Waals surface area contributed by atoms with Crippen molar-refractivity contribution >= 4 is 11.1 Å². The maximum atomic E-state index is 10.1. The molecule has 1 aliphatic heterocycles. The number of fused-ring (bicyclic) bond motifs is 12. The van der Waals surface area contributed by atoms with Crippen molar-refractivity contribution in [3.8, 4) is 12.1 Å². The van der Waals surface area contributed by atoms with E-state index in [9.17, 15) is 10.5 Å². The highest BCUT2D eigenvalue weighted by atomic mass is 15.6. The fourth-order valence-electron chi connectivity index (χ4n) is 12.7. The Labute approximate surface area is 366 Å². The highest BCUT2D eigenvalue weighted by Gasteiger charge is 2.43. The van der Waals surface area contributed by atoms with Gasteiger partial charge < -0.3 is 10.4 Å². The molecule has 0 aromatic heterocycles. The molecule has 7 atom stereocenters. The Balaban J connectivity index is 1.00. The Morgan fingerprint density at radius 2 is 1.65 bits per heavy atom. The second kappa shape index (κ2) is 15.2. The standard InChI is InChI=1S/C58H49N4/c59-33-36-11-9-13-38(27-36)35-62-58(41-14-10-12-37(28-41)34-60)56-32-42(39-23-25-51-47-19-3-1-15-43(47)45-17-5-7-21-49(45)54(51)29-39)31-53(57(56)61-62)40-24-26-52-48-20-4-2-16-44(48)46-18-6-8-22-50(46)55(52)30-40/h1-7,9-20,24,28-31,36,49,51-52,54,56,58H,8,21-23,25-27,32,35H2/q-1. The molecule has 1 saturated heterocycles. The van der Waals surface area contributed by atoms with E-state index in [0.717, 1.165) is 56.2 Å². The minimum absolute atomic E-state index is 0.0511. The van der Waals surface area contributed by atoms with Gasteiger partial charge in [-0.05, 0) is 160 Å². The maximum absolute atomic E-state index is 10.1. The number of hydrogen-bond donors (Lipinski definition) is 0. The first kappa shape index (κ1) is 37.3. The van der Waals surface area contributed by atoms with Crippen LogP contribution < -0.4 is 0 Å². The molecule has 3 aromatic rings. The molecular weight excluding hydrogens is 753 g/mol. The van der Waals surface area contributed by atoms with E-state index in [-0.39, 0.29) is 17.9 Å². The van der Waals surface area contributed by atoms with E-state index in [1.807, 2.05) is 24.3 Å². The summed E-state index contributed by atoms with van der Waals surface area (Å²) in [6.07, 6.45) is 36.3. The molecule has 9 aliphatic rings. The normalized spacial score (nSPS) is 29.0. The van der Waals surface area contributed by atoms with Gasteiger partial charge in [-0.1, -0.05) is 139 Å². The van der Waals surface area contributed by atoms with Crippen molar-refractivity contribution in [2.24, 2.45) is 23.7 Å². The van der Waals surface area contributed by atoms with E-state index in [2.05, 4.69) is 139 Å². The van der Waals surface area contributed by atoms with Gasteiger partial charge in [-0.3, -0.25) is 0 Å². The molecule has 3 aromatic carbocycles. The van der Waals surface area contributed by atoms with E-state index >= 15 is 0 Å². The molecule has 302 valence electrons. The van der Waals surface area contributed by atoms with Crippen molar-refractivity contribution in [1.82, 2.24) is 5.01 Å². The smallest absolute Gasteiger partial charge is 0.0991 e. The fraction of sp³-hybridized carbons (Fsp3) is 0.276. The highest BCUT2D eigenvalue weighted by molar-refractivity contribution is 5.87. The molecule has 0 radical (unpaired) electrons.